The van der Waals surface area contributed by atoms with Crippen molar-refractivity contribution < 1.29 is 28.9 Å². The van der Waals surface area contributed by atoms with E-state index < -0.39 is 12.1 Å². The first-order valence-corrected chi connectivity index (χ1v) is 9.88. The molecule has 7 heteroatoms. The summed E-state index contributed by atoms with van der Waals surface area (Å²) in [6, 6.07) is 11.5. The van der Waals surface area contributed by atoms with E-state index in [1.165, 1.54) is 12.1 Å². The first-order chi connectivity index (χ1) is 14.5. The number of ether oxygens (including phenoxy) is 2. The Morgan fingerprint density at radius 1 is 0.967 bits per heavy atom. The fraction of sp³-hybridized carbons (Fsp3) is 0.304. The predicted octanol–water partition coefficient (Wildman–Crippen LogP) is 3.19. The summed E-state index contributed by atoms with van der Waals surface area (Å²) in [5.41, 5.74) is 1.88. The third-order valence-electron chi connectivity index (χ3n) is 5.19. The topological polar surface area (TPSA) is 106 Å². The molecule has 3 aromatic rings. The van der Waals surface area contributed by atoms with E-state index in [1.807, 2.05) is 0 Å². The zero-order valence-electron chi connectivity index (χ0n) is 16.3. The number of aliphatic hydroxyl groups excluding tert-OH is 1. The van der Waals surface area contributed by atoms with E-state index in [0.29, 0.717) is 23.3 Å². The van der Waals surface area contributed by atoms with Crippen LogP contribution in [0.1, 0.15) is 34.3 Å². The van der Waals surface area contributed by atoms with Crippen LogP contribution in [0.3, 0.4) is 0 Å². The zero-order valence-corrected chi connectivity index (χ0v) is 16.3. The first kappa shape index (κ1) is 20.0. The Hall–Kier alpha value is -3.32. The smallest absolute Gasteiger partial charge is 0.339 e. The summed E-state index contributed by atoms with van der Waals surface area (Å²) in [5.74, 6) is -0.372. The summed E-state index contributed by atoms with van der Waals surface area (Å²) >= 11 is 0. The molecule has 156 valence electrons. The molecule has 1 aliphatic carbocycles. The molecule has 7 nitrogen and oxygen atoms in total. The number of hydrogen-bond donors (Lipinski definition) is 2. The van der Waals surface area contributed by atoms with Crippen molar-refractivity contribution in [1.82, 2.24) is 0 Å². The van der Waals surface area contributed by atoms with E-state index in [1.54, 1.807) is 30.3 Å². The first-order valence-electron chi connectivity index (χ1n) is 9.88. The Kier molecular flexibility index (Phi) is 5.72. The van der Waals surface area contributed by atoms with Crippen molar-refractivity contribution in [3.8, 4) is 11.5 Å². The standard InChI is InChI=1S/C23H22O7/c24-14(12-28-18-9-4-3-8-17(18)22(25)26)13-29-19-10-5-11-20-21(19)15-6-1-2-7-16(15)23(27)30-20/h3-5,8-11,14,24H,1-2,6-7,12-13H2,(H,25,26). The van der Waals surface area contributed by atoms with Crippen molar-refractivity contribution in [2.75, 3.05) is 13.2 Å². The highest BCUT2D eigenvalue weighted by atomic mass is 16.5. The van der Waals surface area contributed by atoms with E-state index in [4.69, 9.17) is 13.9 Å². The van der Waals surface area contributed by atoms with Crippen LogP contribution in [0.5, 0.6) is 11.5 Å². The average Bonchev–Trinajstić information content (AvgIpc) is 2.76. The normalized spacial score (nSPS) is 14.2. The molecule has 4 rings (SSSR count). The number of para-hydroxylation sites is 1. The Morgan fingerprint density at radius 2 is 1.63 bits per heavy atom. The molecular weight excluding hydrogens is 388 g/mol. The van der Waals surface area contributed by atoms with Crippen LogP contribution in [-0.4, -0.2) is 35.5 Å². The molecule has 0 fully saturated rings. The largest absolute Gasteiger partial charge is 0.490 e. The van der Waals surface area contributed by atoms with Gasteiger partial charge in [0.25, 0.3) is 0 Å². The maximum absolute atomic E-state index is 12.2. The van der Waals surface area contributed by atoms with Gasteiger partial charge in [0.1, 0.15) is 42.0 Å². The van der Waals surface area contributed by atoms with E-state index >= 15 is 0 Å². The molecule has 0 saturated heterocycles. The second-order valence-corrected chi connectivity index (χ2v) is 7.26. The van der Waals surface area contributed by atoms with Crippen molar-refractivity contribution in [3.05, 3.63) is 69.6 Å². The molecule has 30 heavy (non-hydrogen) atoms. The third kappa shape index (κ3) is 4.02. The van der Waals surface area contributed by atoms with Crippen LogP contribution in [0.2, 0.25) is 0 Å². The number of aliphatic hydroxyl groups is 1. The monoisotopic (exact) mass is 410 g/mol. The second kappa shape index (κ2) is 8.59. The van der Waals surface area contributed by atoms with E-state index in [9.17, 15) is 19.8 Å². The number of carboxylic acid groups (broad SMARTS) is 1. The van der Waals surface area contributed by atoms with Crippen molar-refractivity contribution >= 4 is 16.9 Å². The van der Waals surface area contributed by atoms with Gasteiger partial charge in [-0.25, -0.2) is 9.59 Å². The molecule has 1 unspecified atom stereocenters. The van der Waals surface area contributed by atoms with Crippen molar-refractivity contribution in [3.63, 3.8) is 0 Å². The highest BCUT2D eigenvalue weighted by molar-refractivity contribution is 5.90. The van der Waals surface area contributed by atoms with Gasteiger partial charge in [-0.2, -0.15) is 0 Å². The number of benzene rings is 2. The van der Waals surface area contributed by atoms with Gasteiger partial charge in [0, 0.05) is 5.56 Å². The number of fused-ring (bicyclic) bond motifs is 3. The second-order valence-electron chi connectivity index (χ2n) is 7.26. The lowest BCUT2D eigenvalue weighted by Crippen LogP contribution is -2.25. The van der Waals surface area contributed by atoms with Crippen LogP contribution < -0.4 is 15.1 Å². The number of aryl methyl sites for hydroxylation is 1. The molecule has 0 spiro atoms. The number of carboxylic acids is 1. The fourth-order valence-corrected chi connectivity index (χ4v) is 3.77. The van der Waals surface area contributed by atoms with Gasteiger partial charge in [-0.05, 0) is 55.5 Å². The molecule has 2 N–H and O–H groups in total. The minimum atomic E-state index is -1.10. The Labute approximate surface area is 172 Å². The quantitative estimate of drug-likeness (QED) is 0.576. The molecule has 1 heterocycles. The molecule has 0 amide bonds. The van der Waals surface area contributed by atoms with E-state index in [-0.39, 0.29) is 30.2 Å². The van der Waals surface area contributed by atoms with Gasteiger partial charge >= 0.3 is 11.6 Å². The lowest BCUT2D eigenvalue weighted by Gasteiger charge is -2.19. The highest BCUT2D eigenvalue weighted by Gasteiger charge is 2.21. The van der Waals surface area contributed by atoms with Gasteiger partial charge in [-0.3, -0.25) is 0 Å². The molecule has 0 aliphatic heterocycles. The summed E-state index contributed by atoms with van der Waals surface area (Å²) in [4.78, 5) is 23.5. The van der Waals surface area contributed by atoms with Crippen molar-refractivity contribution in [1.29, 1.82) is 0 Å². The molecule has 0 bridgehead atoms. The lowest BCUT2D eigenvalue weighted by molar-refractivity contribution is 0.0597. The van der Waals surface area contributed by atoms with E-state index in [0.717, 1.165) is 30.2 Å². The summed E-state index contributed by atoms with van der Waals surface area (Å²) < 4.78 is 16.8. The van der Waals surface area contributed by atoms with Gasteiger partial charge in [-0.1, -0.05) is 18.2 Å². The van der Waals surface area contributed by atoms with Crippen LogP contribution in [0.25, 0.3) is 11.0 Å². The van der Waals surface area contributed by atoms with Gasteiger partial charge in [0.15, 0.2) is 0 Å². The molecule has 0 saturated carbocycles. The Balaban J connectivity index is 1.49. The number of aromatic carboxylic acids is 1. The van der Waals surface area contributed by atoms with Crippen molar-refractivity contribution in [2.45, 2.75) is 31.8 Å². The summed E-state index contributed by atoms with van der Waals surface area (Å²) in [7, 11) is 0. The van der Waals surface area contributed by atoms with Crippen LogP contribution in [0, 0.1) is 0 Å². The predicted molar refractivity (Wildman–Crippen MR) is 110 cm³/mol. The van der Waals surface area contributed by atoms with Gasteiger partial charge < -0.3 is 24.1 Å². The zero-order chi connectivity index (χ0) is 21.1. The minimum absolute atomic E-state index is 0.0290. The van der Waals surface area contributed by atoms with Crippen LogP contribution in [0.4, 0.5) is 0 Å². The van der Waals surface area contributed by atoms with E-state index in [2.05, 4.69) is 0 Å². The lowest BCUT2D eigenvalue weighted by atomic mass is 9.90. The summed E-state index contributed by atoms with van der Waals surface area (Å²) in [5, 5.41) is 20.3. The summed E-state index contributed by atoms with van der Waals surface area (Å²) in [6.07, 6.45) is 2.46. The Morgan fingerprint density at radius 3 is 2.40 bits per heavy atom. The van der Waals surface area contributed by atoms with Crippen LogP contribution in [-0.2, 0) is 12.8 Å². The Bertz CT molecular complexity index is 1130. The number of hydrogen-bond acceptors (Lipinski definition) is 6. The van der Waals surface area contributed by atoms with Gasteiger partial charge in [-0.15, -0.1) is 0 Å². The maximum atomic E-state index is 12.2. The molecule has 1 aliphatic rings. The molecular formula is C23H22O7. The van der Waals surface area contributed by atoms with Gasteiger partial charge in [0.2, 0.25) is 0 Å². The van der Waals surface area contributed by atoms with Gasteiger partial charge in [0.05, 0.1) is 5.39 Å². The maximum Gasteiger partial charge on any atom is 0.339 e. The SMILES string of the molecule is O=C(O)c1ccccc1OCC(O)COc1cccc2oc(=O)c3c(c12)CCCC3. The summed E-state index contributed by atoms with van der Waals surface area (Å²) in [6.45, 7) is -0.176. The molecule has 2 aromatic carbocycles. The average molecular weight is 410 g/mol. The molecule has 1 atom stereocenters. The minimum Gasteiger partial charge on any atom is -0.490 e. The van der Waals surface area contributed by atoms with Crippen molar-refractivity contribution in [2.24, 2.45) is 0 Å². The third-order valence-corrected chi connectivity index (χ3v) is 5.19. The molecule has 0 radical (unpaired) electrons. The fourth-order valence-electron chi connectivity index (χ4n) is 3.77. The number of rotatable bonds is 7. The van der Waals surface area contributed by atoms with Crippen LogP contribution >= 0.6 is 0 Å². The molecule has 1 aromatic heterocycles. The number of carbonyl (C=O) groups is 1. The van der Waals surface area contributed by atoms with Crippen LogP contribution in [0.15, 0.2) is 51.7 Å². The highest BCUT2D eigenvalue weighted by Crippen LogP contribution is 2.33.